The molecule has 0 aliphatic carbocycles. The number of nitrogens with one attached hydrogen (secondary N) is 1. The molecule has 6 nitrogen and oxygen atoms in total. The highest BCUT2D eigenvalue weighted by molar-refractivity contribution is 7.98. The van der Waals surface area contributed by atoms with Crippen LogP contribution < -0.4 is 5.32 Å². The number of hydrogen-bond donors (Lipinski definition) is 2. The fourth-order valence-corrected chi connectivity index (χ4v) is 2.69. The summed E-state index contributed by atoms with van der Waals surface area (Å²) in [7, 11) is 0. The Morgan fingerprint density at radius 1 is 1.43 bits per heavy atom. The molecule has 7 heteroatoms. The van der Waals surface area contributed by atoms with Crippen LogP contribution in [-0.2, 0) is 0 Å². The van der Waals surface area contributed by atoms with Gasteiger partial charge >= 0.3 is 0 Å². The lowest BCUT2D eigenvalue weighted by Gasteiger charge is -2.22. The van der Waals surface area contributed by atoms with E-state index in [9.17, 15) is 15.2 Å². The highest BCUT2D eigenvalue weighted by atomic mass is 32.2. The van der Waals surface area contributed by atoms with E-state index in [0.29, 0.717) is 29.0 Å². The Bertz CT molecular complexity index is 661. The molecular formula is C14H17N3O3S. The maximum atomic E-state index is 10.7. The molecule has 1 aromatic carbocycles. The monoisotopic (exact) mass is 307 g/mol. The molecule has 0 radical (unpaired) electrons. The van der Waals surface area contributed by atoms with Gasteiger partial charge in [-0.2, -0.15) is 11.8 Å². The number of rotatable bonds is 6. The first-order chi connectivity index (χ1) is 9.91. The highest BCUT2D eigenvalue weighted by Crippen LogP contribution is 2.21. The second-order valence-corrected chi connectivity index (χ2v) is 5.98. The zero-order valence-electron chi connectivity index (χ0n) is 11.9. The molecular weight excluding hydrogens is 290 g/mol. The number of thioether (sulfide) groups is 1. The molecule has 0 spiro atoms. The third-order valence-corrected chi connectivity index (χ3v) is 3.90. The summed E-state index contributed by atoms with van der Waals surface area (Å²) in [5, 5.41) is 24.6. The number of pyridine rings is 1. The summed E-state index contributed by atoms with van der Waals surface area (Å²) in [5.41, 5.74) is -0.0889. The van der Waals surface area contributed by atoms with Crippen LogP contribution in [0, 0.1) is 10.1 Å². The van der Waals surface area contributed by atoms with Crippen LogP contribution in [-0.4, -0.2) is 39.2 Å². The van der Waals surface area contributed by atoms with Crippen LogP contribution >= 0.6 is 11.8 Å². The van der Waals surface area contributed by atoms with Crippen molar-refractivity contribution in [3.8, 4) is 0 Å². The molecule has 0 saturated heterocycles. The van der Waals surface area contributed by atoms with Crippen molar-refractivity contribution in [2.24, 2.45) is 0 Å². The lowest BCUT2D eigenvalue weighted by molar-refractivity contribution is -0.384. The molecule has 1 heterocycles. The zero-order chi connectivity index (χ0) is 15.5. The van der Waals surface area contributed by atoms with Crippen LogP contribution in [0.15, 0.2) is 30.3 Å². The molecule has 2 N–H and O–H groups in total. The number of aromatic nitrogens is 1. The van der Waals surface area contributed by atoms with E-state index in [2.05, 4.69) is 10.3 Å². The van der Waals surface area contributed by atoms with E-state index in [0.717, 1.165) is 0 Å². The van der Waals surface area contributed by atoms with Gasteiger partial charge in [-0.05, 0) is 31.4 Å². The van der Waals surface area contributed by atoms with E-state index < -0.39 is 10.5 Å². The number of non-ortho nitro benzene ring substituents is 1. The van der Waals surface area contributed by atoms with E-state index in [-0.39, 0.29) is 5.69 Å². The molecule has 0 aliphatic rings. The second kappa shape index (κ2) is 6.28. The van der Waals surface area contributed by atoms with Crippen LogP contribution in [0.2, 0.25) is 0 Å². The predicted molar refractivity (Wildman–Crippen MR) is 85.9 cm³/mol. The largest absolute Gasteiger partial charge is 0.387 e. The average molecular weight is 307 g/mol. The minimum absolute atomic E-state index is 0.0490. The zero-order valence-corrected chi connectivity index (χ0v) is 12.7. The number of nitro groups is 1. The summed E-state index contributed by atoms with van der Waals surface area (Å²) in [6.45, 7) is 2.15. The van der Waals surface area contributed by atoms with Gasteiger partial charge in [0.25, 0.3) is 5.69 Å². The fraction of sp³-hybridized carbons (Fsp3) is 0.357. The van der Waals surface area contributed by atoms with Gasteiger partial charge in [-0.1, -0.05) is 0 Å². The van der Waals surface area contributed by atoms with Crippen LogP contribution in [0.1, 0.15) is 6.92 Å². The third kappa shape index (κ3) is 4.05. The first-order valence-corrected chi connectivity index (χ1v) is 7.81. The predicted octanol–water partition coefficient (Wildman–Crippen LogP) is 2.67. The summed E-state index contributed by atoms with van der Waals surface area (Å²) >= 11 is 1.58. The average Bonchev–Trinajstić information content (AvgIpc) is 2.44. The molecule has 0 bridgehead atoms. The van der Waals surface area contributed by atoms with E-state index in [1.807, 2.05) is 6.26 Å². The lowest BCUT2D eigenvalue weighted by Crippen LogP contribution is -2.36. The Kier molecular flexibility index (Phi) is 4.64. The van der Waals surface area contributed by atoms with Gasteiger partial charge in [-0.3, -0.25) is 10.1 Å². The Morgan fingerprint density at radius 2 is 2.19 bits per heavy atom. The van der Waals surface area contributed by atoms with Crippen LogP contribution in [0.4, 0.5) is 11.5 Å². The van der Waals surface area contributed by atoms with Crippen molar-refractivity contribution in [2.45, 2.75) is 12.5 Å². The summed E-state index contributed by atoms with van der Waals surface area (Å²) in [5.74, 6) is 1.26. The topological polar surface area (TPSA) is 88.3 Å². The smallest absolute Gasteiger partial charge is 0.270 e. The Hall–Kier alpha value is -1.86. The third-order valence-electron chi connectivity index (χ3n) is 2.99. The maximum absolute atomic E-state index is 10.7. The summed E-state index contributed by atoms with van der Waals surface area (Å²) < 4.78 is 0. The summed E-state index contributed by atoms with van der Waals surface area (Å²) in [6.07, 6.45) is 1.94. The number of hydrogen-bond acceptors (Lipinski definition) is 6. The number of benzene rings is 1. The Morgan fingerprint density at radius 3 is 2.86 bits per heavy atom. The fourth-order valence-electron chi connectivity index (χ4n) is 1.97. The molecule has 0 fully saturated rings. The van der Waals surface area contributed by atoms with Gasteiger partial charge in [0.05, 0.1) is 16.0 Å². The quantitative estimate of drug-likeness (QED) is 0.630. The normalized spacial score (nSPS) is 13.9. The van der Waals surface area contributed by atoms with Crippen LogP contribution in [0.25, 0.3) is 10.9 Å². The van der Waals surface area contributed by atoms with E-state index in [1.54, 1.807) is 36.9 Å². The minimum Gasteiger partial charge on any atom is -0.387 e. The molecule has 1 unspecified atom stereocenters. The van der Waals surface area contributed by atoms with Gasteiger partial charge in [-0.15, -0.1) is 0 Å². The van der Waals surface area contributed by atoms with E-state index in [4.69, 9.17) is 0 Å². The molecule has 0 amide bonds. The van der Waals surface area contributed by atoms with Crippen molar-refractivity contribution in [2.75, 3.05) is 23.9 Å². The van der Waals surface area contributed by atoms with Crippen molar-refractivity contribution >= 4 is 34.2 Å². The number of nitrogens with zero attached hydrogens (tertiary/aromatic N) is 2. The first kappa shape index (κ1) is 15.5. The highest BCUT2D eigenvalue weighted by Gasteiger charge is 2.19. The van der Waals surface area contributed by atoms with Gasteiger partial charge in [0.2, 0.25) is 0 Å². The first-order valence-electron chi connectivity index (χ1n) is 6.42. The maximum Gasteiger partial charge on any atom is 0.270 e. The molecule has 0 saturated carbocycles. The van der Waals surface area contributed by atoms with Gasteiger partial charge < -0.3 is 10.4 Å². The number of anilines is 1. The number of fused-ring (bicyclic) bond motifs is 1. The number of aliphatic hydroxyl groups is 1. The van der Waals surface area contributed by atoms with Gasteiger partial charge in [-0.25, -0.2) is 4.98 Å². The van der Waals surface area contributed by atoms with Crippen molar-refractivity contribution in [3.05, 3.63) is 40.4 Å². The SMILES string of the molecule is CSCC(C)(O)CNc1ccc2cc([N+](=O)[O-])ccc2n1. The second-order valence-electron chi connectivity index (χ2n) is 5.11. The standard InChI is InChI=1S/C14H17N3O3S/c1-14(18,9-21-2)8-15-13-6-3-10-7-11(17(19)20)4-5-12(10)16-13/h3-7,18H,8-9H2,1-2H3,(H,15,16). The van der Waals surface area contributed by atoms with Crippen molar-refractivity contribution in [1.29, 1.82) is 0 Å². The van der Waals surface area contributed by atoms with Crippen molar-refractivity contribution in [3.63, 3.8) is 0 Å². The van der Waals surface area contributed by atoms with E-state index in [1.165, 1.54) is 12.1 Å². The van der Waals surface area contributed by atoms with Crippen molar-refractivity contribution in [1.82, 2.24) is 4.98 Å². The molecule has 1 atom stereocenters. The van der Waals surface area contributed by atoms with Crippen LogP contribution in [0.5, 0.6) is 0 Å². The summed E-state index contributed by atoms with van der Waals surface area (Å²) in [6, 6.07) is 8.08. The summed E-state index contributed by atoms with van der Waals surface area (Å²) in [4.78, 5) is 14.7. The molecule has 0 aliphatic heterocycles. The van der Waals surface area contributed by atoms with Gasteiger partial charge in [0.15, 0.2) is 0 Å². The minimum atomic E-state index is -0.814. The van der Waals surface area contributed by atoms with Gasteiger partial charge in [0, 0.05) is 29.8 Å². The van der Waals surface area contributed by atoms with Crippen LogP contribution in [0.3, 0.4) is 0 Å². The molecule has 2 aromatic rings. The molecule has 2 rings (SSSR count). The molecule has 1 aromatic heterocycles. The molecule has 112 valence electrons. The Labute approximate surface area is 126 Å². The Balaban J connectivity index is 2.16. The van der Waals surface area contributed by atoms with Gasteiger partial charge in [0.1, 0.15) is 5.82 Å². The number of nitro benzene ring substituents is 1. The molecule has 21 heavy (non-hydrogen) atoms. The van der Waals surface area contributed by atoms with Crippen molar-refractivity contribution < 1.29 is 10.0 Å². The van der Waals surface area contributed by atoms with E-state index >= 15 is 0 Å². The lowest BCUT2D eigenvalue weighted by atomic mass is 10.1.